The Balaban J connectivity index is 1.90. The molecule has 0 aromatic carbocycles. The van der Waals surface area contributed by atoms with Gasteiger partial charge in [-0.05, 0) is 19.3 Å². The molecule has 0 aromatic rings. The van der Waals surface area contributed by atoms with Crippen LogP contribution in [-0.4, -0.2) is 25.2 Å². The van der Waals surface area contributed by atoms with E-state index in [1.807, 2.05) is 0 Å². The lowest BCUT2D eigenvalue weighted by molar-refractivity contribution is -0.162. The minimum Gasteiger partial charge on any atom is -0.379 e. The van der Waals surface area contributed by atoms with Gasteiger partial charge in [0.25, 0.3) is 0 Å². The van der Waals surface area contributed by atoms with E-state index < -0.39 is 0 Å². The molecule has 2 fully saturated rings. The second-order valence-electron chi connectivity index (χ2n) is 3.87. The summed E-state index contributed by atoms with van der Waals surface area (Å²) in [4.78, 5) is 11.6. The Labute approximate surface area is 72.5 Å². The highest BCUT2D eigenvalue weighted by Crippen LogP contribution is 2.32. The van der Waals surface area contributed by atoms with Crippen LogP contribution in [-0.2, 0) is 9.53 Å². The number of carbonyl (C=O) groups excluding carboxylic acids is 1. The van der Waals surface area contributed by atoms with E-state index in [1.54, 1.807) is 0 Å². The summed E-state index contributed by atoms with van der Waals surface area (Å²) in [5.41, 5.74) is -0.178. The topological polar surface area (TPSA) is 38.3 Å². The van der Waals surface area contributed by atoms with E-state index in [0.717, 1.165) is 19.3 Å². The Kier molecular flexibility index (Phi) is 1.83. The summed E-state index contributed by atoms with van der Waals surface area (Å²) in [5, 5.41) is 3.03. The van der Waals surface area contributed by atoms with E-state index in [0.29, 0.717) is 19.3 Å². The van der Waals surface area contributed by atoms with Crippen LogP contribution in [0.5, 0.6) is 0 Å². The highest BCUT2D eigenvalue weighted by Gasteiger charge is 2.45. The molecule has 0 spiro atoms. The first-order chi connectivity index (χ1) is 5.77. The molecular weight excluding hydrogens is 154 g/mol. The molecule has 1 aliphatic heterocycles. The van der Waals surface area contributed by atoms with Crippen LogP contribution in [0.1, 0.15) is 26.2 Å². The summed E-state index contributed by atoms with van der Waals surface area (Å²) in [6.07, 6.45) is 3.21. The van der Waals surface area contributed by atoms with E-state index >= 15 is 0 Å². The molecule has 0 bridgehead atoms. The van der Waals surface area contributed by atoms with Gasteiger partial charge in [-0.2, -0.15) is 0 Å². The van der Waals surface area contributed by atoms with E-state index in [9.17, 15) is 4.79 Å². The minimum absolute atomic E-state index is 0.178. The number of rotatable bonds is 3. The molecule has 1 N–H and O–H groups in total. The van der Waals surface area contributed by atoms with E-state index in [1.165, 1.54) is 0 Å². The van der Waals surface area contributed by atoms with Gasteiger partial charge in [-0.25, -0.2) is 0 Å². The largest absolute Gasteiger partial charge is 0.379 e. The molecule has 1 saturated carbocycles. The number of hydrogen-bond acceptors (Lipinski definition) is 2. The molecule has 0 atom stereocenters. The first kappa shape index (κ1) is 8.05. The molecule has 1 amide bonds. The Morgan fingerprint density at radius 2 is 2.25 bits per heavy atom. The maximum absolute atomic E-state index is 11.6. The van der Waals surface area contributed by atoms with Gasteiger partial charge in [-0.15, -0.1) is 0 Å². The maximum atomic E-state index is 11.6. The number of nitrogens with one attached hydrogen (secondary N) is 1. The monoisotopic (exact) mass is 169 g/mol. The van der Waals surface area contributed by atoms with Crippen molar-refractivity contribution in [1.29, 1.82) is 0 Å². The normalized spacial score (nSPS) is 26.1. The standard InChI is InChI=1S/C9H15NO2/c1-2-9(5-12-6-9)8(11)10-7-3-4-7/h7H,2-6H2,1H3,(H,10,11). The van der Waals surface area contributed by atoms with Crippen molar-refractivity contribution in [3.8, 4) is 0 Å². The Morgan fingerprint density at radius 1 is 1.58 bits per heavy atom. The second kappa shape index (κ2) is 2.73. The van der Waals surface area contributed by atoms with Crippen LogP contribution in [0.25, 0.3) is 0 Å². The Bertz CT molecular complexity index is 189. The second-order valence-corrected chi connectivity index (χ2v) is 3.87. The molecule has 0 unspecified atom stereocenters. The Morgan fingerprint density at radius 3 is 2.58 bits per heavy atom. The number of amides is 1. The smallest absolute Gasteiger partial charge is 0.231 e. The van der Waals surface area contributed by atoms with Gasteiger partial charge in [0, 0.05) is 6.04 Å². The minimum atomic E-state index is -0.178. The van der Waals surface area contributed by atoms with Gasteiger partial charge in [0.2, 0.25) is 5.91 Å². The zero-order valence-electron chi connectivity index (χ0n) is 7.43. The lowest BCUT2D eigenvalue weighted by Gasteiger charge is -2.39. The predicted molar refractivity (Wildman–Crippen MR) is 44.7 cm³/mol. The molecule has 2 rings (SSSR count). The summed E-state index contributed by atoms with van der Waals surface area (Å²) in [5.74, 6) is 0.207. The van der Waals surface area contributed by atoms with Crippen LogP contribution < -0.4 is 5.32 Å². The van der Waals surface area contributed by atoms with Gasteiger partial charge in [0.1, 0.15) is 0 Å². The molecule has 2 aliphatic rings. The molecule has 1 saturated heterocycles. The molecule has 3 nitrogen and oxygen atoms in total. The molecule has 68 valence electrons. The summed E-state index contributed by atoms with van der Waals surface area (Å²) in [6.45, 7) is 3.28. The summed E-state index contributed by atoms with van der Waals surface area (Å²) < 4.78 is 5.09. The number of ether oxygens (including phenoxy) is 1. The molecule has 0 aromatic heterocycles. The fourth-order valence-corrected chi connectivity index (χ4v) is 1.41. The van der Waals surface area contributed by atoms with Crippen molar-refractivity contribution < 1.29 is 9.53 Å². The third kappa shape index (κ3) is 1.22. The number of carbonyl (C=O) groups is 1. The molecule has 3 heteroatoms. The van der Waals surface area contributed by atoms with Crippen LogP contribution in [0, 0.1) is 5.41 Å². The van der Waals surface area contributed by atoms with Crippen LogP contribution in [0.15, 0.2) is 0 Å². The lowest BCUT2D eigenvalue weighted by Crippen LogP contribution is -2.54. The molecule has 0 radical (unpaired) electrons. The van der Waals surface area contributed by atoms with Crippen molar-refractivity contribution >= 4 is 5.91 Å². The molecule has 12 heavy (non-hydrogen) atoms. The van der Waals surface area contributed by atoms with Crippen molar-refractivity contribution in [3.05, 3.63) is 0 Å². The van der Waals surface area contributed by atoms with E-state index in [2.05, 4.69) is 12.2 Å². The summed E-state index contributed by atoms with van der Waals surface area (Å²) in [6, 6.07) is 0.474. The zero-order valence-corrected chi connectivity index (χ0v) is 7.43. The van der Waals surface area contributed by atoms with Gasteiger partial charge in [-0.1, -0.05) is 6.92 Å². The van der Waals surface area contributed by atoms with Crippen molar-refractivity contribution in [2.24, 2.45) is 5.41 Å². The molecular formula is C9H15NO2. The van der Waals surface area contributed by atoms with Crippen molar-refractivity contribution in [1.82, 2.24) is 5.32 Å². The maximum Gasteiger partial charge on any atom is 0.231 e. The van der Waals surface area contributed by atoms with Gasteiger partial charge in [-0.3, -0.25) is 4.79 Å². The van der Waals surface area contributed by atoms with Crippen LogP contribution in [0.4, 0.5) is 0 Å². The average Bonchev–Trinajstić information content (AvgIpc) is 2.70. The Hall–Kier alpha value is -0.570. The van der Waals surface area contributed by atoms with Gasteiger partial charge in [0.15, 0.2) is 0 Å². The van der Waals surface area contributed by atoms with Crippen molar-refractivity contribution in [3.63, 3.8) is 0 Å². The lowest BCUT2D eigenvalue weighted by atomic mass is 9.82. The fraction of sp³-hybridized carbons (Fsp3) is 0.889. The fourth-order valence-electron chi connectivity index (χ4n) is 1.41. The average molecular weight is 169 g/mol. The molecule has 1 heterocycles. The van der Waals surface area contributed by atoms with E-state index in [-0.39, 0.29) is 11.3 Å². The number of hydrogen-bond donors (Lipinski definition) is 1. The quantitative estimate of drug-likeness (QED) is 0.675. The summed E-state index contributed by atoms with van der Waals surface area (Å²) in [7, 11) is 0. The highest BCUT2D eigenvalue weighted by molar-refractivity contribution is 5.84. The highest BCUT2D eigenvalue weighted by atomic mass is 16.5. The van der Waals surface area contributed by atoms with Gasteiger partial charge < -0.3 is 10.1 Å². The first-order valence-corrected chi connectivity index (χ1v) is 4.65. The van der Waals surface area contributed by atoms with Gasteiger partial charge >= 0.3 is 0 Å². The van der Waals surface area contributed by atoms with Crippen LogP contribution in [0.3, 0.4) is 0 Å². The predicted octanol–water partition coefficient (Wildman–Crippen LogP) is 0.692. The zero-order chi connectivity index (χ0) is 8.60. The molecule has 1 aliphatic carbocycles. The third-order valence-electron chi connectivity index (χ3n) is 2.83. The van der Waals surface area contributed by atoms with E-state index in [4.69, 9.17) is 4.74 Å². The van der Waals surface area contributed by atoms with Crippen molar-refractivity contribution in [2.45, 2.75) is 32.2 Å². The first-order valence-electron chi connectivity index (χ1n) is 4.65. The van der Waals surface area contributed by atoms with Crippen LogP contribution in [0.2, 0.25) is 0 Å². The van der Waals surface area contributed by atoms with Gasteiger partial charge in [0.05, 0.1) is 18.6 Å². The van der Waals surface area contributed by atoms with Crippen LogP contribution >= 0.6 is 0 Å². The summed E-state index contributed by atoms with van der Waals surface area (Å²) >= 11 is 0. The van der Waals surface area contributed by atoms with Crippen molar-refractivity contribution in [2.75, 3.05) is 13.2 Å². The SMILES string of the molecule is CCC1(C(=O)NC2CC2)COC1. The third-order valence-corrected chi connectivity index (χ3v) is 2.83.